The third-order valence-corrected chi connectivity index (χ3v) is 2.99. The molecule has 1 fully saturated rings. The van der Waals surface area contributed by atoms with Crippen LogP contribution in [0.3, 0.4) is 0 Å². The highest BCUT2D eigenvalue weighted by molar-refractivity contribution is 5.97. The Morgan fingerprint density at radius 2 is 2.31 bits per heavy atom. The van der Waals surface area contributed by atoms with E-state index in [2.05, 4.69) is 16.4 Å². The van der Waals surface area contributed by atoms with Crippen LogP contribution in [0.15, 0.2) is 18.2 Å². The van der Waals surface area contributed by atoms with Gasteiger partial charge < -0.3 is 5.32 Å². The van der Waals surface area contributed by atoms with Gasteiger partial charge in [0.15, 0.2) is 0 Å². The molecule has 1 saturated carbocycles. The maximum Gasteiger partial charge on any atom is 0.246 e. The molecule has 0 unspecified atom stereocenters. The van der Waals surface area contributed by atoms with Gasteiger partial charge in [-0.2, -0.15) is 5.26 Å². The van der Waals surface area contributed by atoms with Gasteiger partial charge in [0.2, 0.25) is 5.91 Å². The van der Waals surface area contributed by atoms with E-state index in [0.717, 1.165) is 12.1 Å². The quantitative estimate of drug-likeness (QED) is 0.820. The van der Waals surface area contributed by atoms with E-state index in [1.54, 1.807) is 6.07 Å². The number of pyridine rings is 1. The van der Waals surface area contributed by atoms with Crippen molar-refractivity contribution in [3.8, 4) is 6.07 Å². The molecule has 1 aliphatic carbocycles. The minimum Gasteiger partial charge on any atom is -0.309 e. The third kappa shape index (κ3) is 1.76. The molecule has 1 amide bonds. The lowest BCUT2D eigenvalue weighted by atomic mass is 9.69. The smallest absolute Gasteiger partial charge is 0.246 e. The van der Waals surface area contributed by atoms with Crippen molar-refractivity contribution in [2.45, 2.75) is 26.2 Å². The average molecular weight is 215 g/mol. The summed E-state index contributed by atoms with van der Waals surface area (Å²) < 4.78 is 0. The van der Waals surface area contributed by atoms with Crippen molar-refractivity contribution >= 4 is 11.7 Å². The fourth-order valence-electron chi connectivity index (χ4n) is 1.77. The summed E-state index contributed by atoms with van der Waals surface area (Å²) >= 11 is 0. The predicted molar refractivity (Wildman–Crippen MR) is 59.5 cm³/mol. The second-order valence-electron chi connectivity index (χ2n) is 4.17. The van der Waals surface area contributed by atoms with Crippen LogP contribution in [0, 0.1) is 23.7 Å². The van der Waals surface area contributed by atoms with Crippen LogP contribution < -0.4 is 5.32 Å². The summed E-state index contributed by atoms with van der Waals surface area (Å²) in [5.41, 5.74) is 0.0308. The molecule has 1 aliphatic rings. The molecule has 1 N–H and O–H groups in total. The molecule has 0 radical (unpaired) electrons. The van der Waals surface area contributed by atoms with Gasteiger partial charge in [0.05, 0.1) is 6.07 Å². The van der Waals surface area contributed by atoms with Crippen LogP contribution in [0.4, 0.5) is 5.82 Å². The summed E-state index contributed by atoms with van der Waals surface area (Å²) in [5, 5.41) is 11.7. The highest BCUT2D eigenvalue weighted by atomic mass is 16.2. The summed E-state index contributed by atoms with van der Waals surface area (Å²) in [6.45, 7) is 1.86. The first kappa shape index (κ1) is 10.6. The number of nitrogens with one attached hydrogen (secondary N) is 1. The summed E-state index contributed by atoms with van der Waals surface area (Å²) in [4.78, 5) is 16.1. The van der Waals surface area contributed by atoms with Gasteiger partial charge in [-0.3, -0.25) is 4.79 Å². The minimum absolute atomic E-state index is 0.223. The van der Waals surface area contributed by atoms with E-state index in [-0.39, 0.29) is 5.91 Å². The normalized spacial score (nSPS) is 17.0. The Balaban J connectivity index is 2.11. The van der Waals surface area contributed by atoms with Gasteiger partial charge in [0.1, 0.15) is 11.2 Å². The second kappa shape index (κ2) is 3.93. The van der Waals surface area contributed by atoms with Crippen molar-refractivity contribution in [2.75, 3.05) is 5.32 Å². The van der Waals surface area contributed by atoms with Crippen molar-refractivity contribution in [1.29, 1.82) is 5.26 Å². The van der Waals surface area contributed by atoms with Crippen LogP contribution in [0.5, 0.6) is 0 Å². The fraction of sp³-hybridized carbons (Fsp3) is 0.417. The molecule has 1 aromatic rings. The fourth-order valence-corrected chi connectivity index (χ4v) is 1.77. The van der Waals surface area contributed by atoms with E-state index in [9.17, 15) is 4.79 Å². The molecule has 1 aromatic heterocycles. The number of rotatable bonds is 2. The number of carbonyl (C=O) groups excluding carboxylic acids is 1. The Hall–Kier alpha value is -1.89. The molecule has 0 saturated heterocycles. The molecule has 0 aliphatic heterocycles. The molecule has 82 valence electrons. The number of aryl methyl sites for hydroxylation is 1. The van der Waals surface area contributed by atoms with Crippen LogP contribution in [-0.4, -0.2) is 10.9 Å². The molecule has 0 bridgehead atoms. The first-order chi connectivity index (χ1) is 7.66. The zero-order chi connectivity index (χ0) is 11.6. The summed E-state index contributed by atoms with van der Waals surface area (Å²) in [6, 6.07) is 7.53. The van der Waals surface area contributed by atoms with Crippen LogP contribution in [-0.2, 0) is 4.79 Å². The number of nitriles is 1. The first-order valence-corrected chi connectivity index (χ1v) is 5.33. The van der Waals surface area contributed by atoms with Crippen molar-refractivity contribution in [3.05, 3.63) is 23.9 Å². The predicted octanol–water partition coefficient (Wildman–Crippen LogP) is 2.02. The molecule has 0 aromatic carbocycles. The summed E-state index contributed by atoms with van der Waals surface area (Å²) in [7, 11) is 0. The van der Waals surface area contributed by atoms with E-state index in [1.165, 1.54) is 0 Å². The van der Waals surface area contributed by atoms with Crippen LogP contribution >= 0.6 is 0 Å². The second-order valence-corrected chi connectivity index (χ2v) is 4.17. The van der Waals surface area contributed by atoms with E-state index in [4.69, 9.17) is 5.26 Å². The van der Waals surface area contributed by atoms with Crippen LogP contribution in [0.2, 0.25) is 0 Å². The topological polar surface area (TPSA) is 65.8 Å². The number of hydrogen-bond donors (Lipinski definition) is 1. The average Bonchev–Trinajstić information content (AvgIpc) is 2.16. The number of carbonyl (C=O) groups is 1. The molecule has 0 atom stereocenters. The Morgan fingerprint density at radius 1 is 1.56 bits per heavy atom. The lowest BCUT2D eigenvalue weighted by Crippen LogP contribution is -2.40. The molecule has 2 rings (SSSR count). The molecule has 16 heavy (non-hydrogen) atoms. The Kier molecular flexibility index (Phi) is 2.61. The highest BCUT2D eigenvalue weighted by Crippen LogP contribution is 2.40. The standard InChI is InChI=1S/C12H13N3O/c1-9-4-2-5-10(14-9)15-11(16)12(8-13)6-3-7-12/h2,4-5H,3,6-7H2,1H3,(H,14,15,16). The minimum atomic E-state index is -0.814. The van der Waals surface area contributed by atoms with Crippen molar-refractivity contribution in [1.82, 2.24) is 4.98 Å². The van der Waals surface area contributed by atoms with Gasteiger partial charge in [0.25, 0.3) is 0 Å². The number of aromatic nitrogens is 1. The van der Waals surface area contributed by atoms with Gasteiger partial charge in [-0.1, -0.05) is 6.07 Å². The number of anilines is 1. The molecule has 4 nitrogen and oxygen atoms in total. The van der Waals surface area contributed by atoms with E-state index < -0.39 is 5.41 Å². The van der Waals surface area contributed by atoms with Crippen molar-refractivity contribution < 1.29 is 4.79 Å². The lowest BCUT2D eigenvalue weighted by Gasteiger charge is -2.33. The summed E-state index contributed by atoms with van der Waals surface area (Å²) in [6.07, 6.45) is 2.25. The molecule has 1 heterocycles. The molecule has 4 heteroatoms. The maximum atomic E-state index is 11.9. The summed E-state index contributed by atoms with van der Waals surface area (Å²) in [5.74, 6) is 0.297. The van der Waals surface area contributed by atoms with Crippen molar-refractivity contribution in [2.24, 2.45) is 5.41 Å². The van der Waals surface area contributed by atoms with Crippen LogP contribution in [0.25, 0.3) is 0 Å². The highest BCUT2D eigenvalue weighted by Gasteiger charge is 2.44. The van der Waals surface area contributed by atoms with Gasteiger partial charge in [-0.05, 0) is 38.3 Å². The number of nitrogens with zero attached hydrogens (tertiary/aromatic N) is 2. The Morgan fingerprint density at radius 3 is 2.81 bits per heavy atom. The third-order valence-electron chi connectivity index (χ3n) is 2.99. The maximum absolute atomic E-state index is 11.9. The van der Waals surface area contributed by atoms with Crippen molar-refractivity contribution in [3.63, 3.8) is 0 Å². The monoisotopic (exact) mass is 215 g/mol. The number of hydrogen-bond acceptors (Lipinski definition) is 3. The van der Waals surface area contributed by atoms with E-state index in [0.29, 0.717) is 18.7 Å². The van der Waals surface area contributed by atoms with Gasteiger partial charge in [0, 0.05) is 5.69 Å². The van der Waals surface area contributed by atoms with Gasteiger partial charge >= 0.3 is 0 Å². The van der Waals surface area contributed by atoms with Gasteiger partial charge in [-0.25, -0.2) is 4.98 Å². The molecule has 0 spiro atoms. The lowest BCUT2D eigenvalue weighted by molar-refractivity contribution is -0.126. The molecular formula is C12H13N3O. The SMILES string of the molecule is Cc1cccc(NC(=O)C2(C#N)CCC2)n1. The largest absolute Gasteiger partial charge is 0.309 e. The van der Waals surface area contributed by atoms with E-state index >= 15 is 0 Å². The first-order valence-electron chi connectivity index (χ1n) is 5.33. The number of amides is 1. The zero-order valence-corrected chi connectivity index (χ0v) is 9.16. The molecular weight excluding hydrogens is 202 g/mol. The van der Waals surface area contributed by atoms with Gasteiger partial charge in [-0.15, -0.1) is 0 Å². The van der Waals surface area contributed by atoms with Crippen LogP contribution in [0.1, 0.15) is 25.0 Å². The Bertz CT molecular complexity index is 458. The Labute approximate surface area is 94.3 Å². The van der Waals surface area contributed by atoms with E-state index in [1.807, 2.05) is 19.1 Å². The zero-order valence-electron chi connectivity index (χ0n) is 9.16.